The number of rotatable bonds is 7. The molecule has 7 rings (SSSR count). The monoisotopic (exact) mass is 718 g/mol. The van der Waals surface area contributed by atoms with E-state index in [1.54, 1.807) is 0 Å². The van der Waals surface area contributed by atoms with Gasteiger partial charge in [0.25, 0.3) is 0 Å². The molecule has 0 fully saturated rings. The molecule has 0 aliphatic heterocycles. The Bertz CT molecular complexity index is 1920. The van der Waals surface area contributed by atoms with Crippen LogP contribution in [0.25, 0.3) is 34.4 Å². The molecule has 0 spiro atoms. The molecule has 0 saturated heterocycles. The average molecular weight is 721 g/mol. The molecule has 2 aliphatic rings. The van der Waals surface area contributed by atoms with E-state index in [0.29, 0.717) is 0 Å². The van der Waals surface area contributed by atoms with Crippen LogP contribution in [0.3, 0.4) is 0 Å². The van der Waals surface area contributed by atoms with Crippen molar-refractivity contribution in [3.8, 4) is 22.3 Å². The van der Waals surface area contributed by atoms with Crippen LogP contribution < -0.4 is 5.19 Å². The van der Waals surface area contributed by atoms with Crippen LogP contribution in [0.1, 0.15) is 56.2 Å². The van der Waals surface area contributed by atoms with Crippen LogP contribution in [0, 0.1) is 0 Å². The predicted molar refractivity (Wildman–Crippen MR) is 195 cm³/mol. The van der Waals surface area contributed by atoms with Crippen molar-refractivity contribution in [2.24, 2.45) is 0 Å². The molecule has 0 saturated carbocycles. The van der Waals surface area contributed by atoms with Crippen LogP contribution >= 0.6 is 17.0 Å². The van der Waals surface area contributed by atoms with Gasteiger partial charge in [-0.25, -0.2) is 0 Å². The zero-order chi connectivity index (χ0) is 31.2. The van der Waals surface area contributed by atoms with Gasteiger partial charge in [-0.3, -0.25) is 0 Å². The minimum absolute atomic E-state index is 0.0313. The van der Waals surface area contributed by atoms with Crippen molar-refractivity contribution in [3.05, 3.63) is 161 Å². The molecule has 2 aliphatic carbocycles. The van der Waals surface area contributed by atoms with Crippen LogP contribution in [-0.2, 0) is 15.0 Å². The maximum atomic E-state index is 8.83. The summed E-state index contributed by atoms with van der Waals surface area (Å²) in [5.74, 6) is 0. The van der Waals surface area contributed by atoms with E-state index in [4.69, 9.17) is 17.0 Å². The van der Waals surface area contributed by atoms with E-state index in [0.717, 1.165) is 12.8 Å². The second-order valence-electron chi connectivity index (χ2n) is 12.5. The van der Waals surface area contributed by atoms with Crippen molar-refractivity contribution in [2.45, 2.75) is 40.5 Å². The molecule has 0 heterocycles. The Morgan fingerprint density at radius 3 is 1.33 bits per heavy atom. The van der Waals surface area contributed by atoms with Gasteiger partial charge < -0.3 is 0 Å². The Kier molecular flexibility index (Phi) is 8.32. The molecular weight excluding hydrogens is 683 g/mol. The Morgan fingerprint density at radius 2 is 0.933 bits per heavy atom. The summed E-state index contributed by atoms with van der Waals surface area (Å²) in [7, 11) is 17.7. The number of hydrogen-bond acceptors (Lipinski definition) is 0. The van der Waals surface area contributed by atoms with E-state index in [-0.39, 0.29) is 7.25 Å². The third-order valence-corrected chi connectivity index (χ3v) is 52.8. The van der Waals surface area contributed by atoms with Gasteiger partial charge in [-0.1, -0.05) is 0 Å². The van der Waals surface area contributed by atoms with E-state index in [2.05, 4.69) is 160 Å². The van der Waals surface area contributed by atoms with Crippen LogP contribution in [-0.4, -0.2) is 5.43 Å². The predicted octanol–water partition coefficient (Wildman–Crippen LogP) is 11.9. The maximum absolute atomic E-state index is 8.83. The quantitative estimate of drug-likeness (QED) is 0.147. The molecule has 2 atom stereocenters. The van der Waals surface area contributed by atoms with Gasteiger partial charge in [0.15, 0.2) is 0 Å². The Balaban J connectivity index is 1.56. The first-order chi connectivity index (χ1) is 21.9. The first-order valence-corrected chi connectivity index (χ1v) is 31.0. The Labute approximate surface area is 276 Å². The molecule has 0 nitrogen and oxygen atoms in total. The summed E-state index contributed by atoms with van der Waals surface area (Å²) < 4.78 is 0.0626. The number of hydrogen-bond donors (Lipinski definition) is 0. The van der Waals surface area contributed by atoms with Crippen molar-refractivity contribution in [1.29, 1.82) is 0 Å². The molecule has 0 aromatic heterocycles. The van der Waals surface area contributed by atoms with Gasteiger partial charge in [-0.05, 0) is 0 Å². The van der Waals surface area contributed by atoms with Crippen LogP contribution in [0.4, 0.5) is 0 Å². The third kappa shape index (κ3) is 4.96. The van der Waals surface area contributed by atoms with Crippen molar-refractivity contribution < 1.29 is 15.0 Å². The van der Waals surface area contributed by atoms with Gasteiger partial charge in [0.05, 0.1) is 0 Å². The van der Waals surface area contributed by atoms with E-state index >= 15 is 0 Å². The van der Waals surface area contributed by atoms with E-state index in [1.165, 1.54) is 60.8 Å². The number of fused-ring (bicyclic) bond motifs is 2. The molecule has 4 heteroatoms. The number of halogens is 2. The van der Waals surface area contributed by atoms with Gasteiger partial charge in [0.2, 0.25) is 0 Å². The first kappa shape index (κ1) is 30.9. The molecule has 224 valence electrons. The van der Waals surface area contributed by atoms with Gasteiger partial charge in [0, 0.05) is 0 Å². The van der Waals surface area contributed by atoms with E-state index in [1.807, 2.05) is 0 Å². The topological polar surface area (TPSA) is 0 Å². The molecule has 45 heavy (non-hydrogen) atoms. The molecule has 5 aromatic rings. The second kappa shape index (κ2) is 12.1. The number of benzene rings is 5. The summed E-state index contributed by atoms with van der Waals surface area (Å²) in [6.45, 7) is 7.00. The standard InChI is InChI=1S/2C17H15.C7H8Si.2ClH.Zr/c2*1-2-13-11-15-9-6-10-16(17(15)12-13)14-7-4-3-5-8-14;1-8-7-5-3-2-4-6-7;;;/h2*3-12H,2H2,1H3;2-6H,1H3;2*1H;/q;;;;;+2/p-2. The molecule has 0 amide bonds. The van der Waals surface area contributed by atoms with Crippen molar-refractivity contribution in [2.75, 3.05) is 0 Å². The van der Waals surface area contributed by atoms with Gasteiger partial charge in [0.1, 0.15) is 0 Å². The van der Waals surface area contributed by atoms with E-state index < -0.39 is 20.4 Å². The van der Waals surface area contributed by atoms with Crippen molar-refractivity contribution >= 4 is 39.8 Å². The molecular formula is C41H38Cl2SiZr. The van der Waals surface area contributed by atoms with Crippen molar-refractivity contribution in [3.63, 3.8) is 0 Å². The fraction of sp³-hybridized carbons (Fsp3) is 0.171. The summed E-state index contributed by atoms with van der Waals surface area (Å²) in [6, 6.07) is 46.1. The third-order valence-electron chi connectivity index (χ3n) is 10.3. The molecule has 5 aromatic carbocycles. The normalized spacial score (nSPS) is 17.4. The minimum atomic E-state index is -5.09. The van der Waals surface area contributed by atoms with Crippen LogP contribution in [0.5, 0.6) is 0 Å². The summed E-state index contributed by atoms with van der Waals surface area (Å²) in [5, 5.41) is 1.34. The summed E-state index contributed by atoms with van der Waals surface area (Å²) >= 11 is -5.09. The van der Waals surface area contributed by atoms with Gasteiger partial charge in [-0.15, -0.1) is 0 Å². The SMILES string of the molecule is CCC1=Cc2c(-c3ccccc3)cccc2[CH]1[Zr]([Cl])([Cl])([CH]1C(CC)=Cc2c(-c3ccccc3)cccc21)=[Si](C)c1ccccc1. The molecule has 0 bridgehead atoms. The van der Waals surface area contributed by atoms with E-state index in [9.17, 15) is 0 Å². The summed E-state index contributed by atoms with van der Waals surface area (Å²) in [4.78, 5) is 0. The Morgan fingerprint density at radius 1 is 0.533 bits per heavy atom. The van der Waals surface area contributed by atoms with Crippen LogP contribution in [0.2, 0.25) is 6.55 Å². The zero-order valence-electron chi connectivity index (χ0n) is 26.1. The number of allylic oxidation sites excluding steroid dienone is 2. The molecule has 2 unspecified atom stereocenters. The van der Waals surface area contributed by atoms with Gasteiger partial charge >= 0.3 is 278 Å². The van der Waals surface area contributed by atoms with Crippen LogP contribution in [0.15, 0.2) is 139 Å². The van der Waals surface area contributed by atoms with Gasteiger partial charge in [-0.2, -0.15) is 0 Å². The molecule has 0 radical (unpaired) electrons. The fourth-order valence-corrected chi connectivity index (χ4v) is 45.5. The summed E-state index contributed by atoms with van der Waals surface area (Å²) in [6.07, 6.45) is 6.75. The Hall–Kier alpha value is -2.74. The second-order valence-corrected chi connectivity index (χ2v) is 49.3. The van der Waals surface area contributed by atoms with Crippen molar-refractivity contribution in [1.82, 2.24) is 0 Å². The first-order valence-electron chi connectivity index (χ1n) is 16.1. The molecule has 0 N–H and O–H groups in total. The fourth-order valence-electron chi connectivity index (χ4n) is 8.09. The average Bonchev–Trinajstić information content (AvgIpc) is 3.69. The summed E-state index contributed by atoms with van der Waals surface area (Å²) in [5.41, 5.74) is 11.6. The zero-order valence-corrected chi connectivity index (χ0v) is 31.1.